The summed E-state index contributed by atoms with van der Waals surface area (Å²) in [5.41, 5.74) is 2.36. The summed E-state index contributed by atoms with van der Waals surface area (Å²) in [4.78, 5) is 14.8. The molecule has 0 atom stereocenters. The zero-order valence-electron chi connectivity index (χ0n) is 19.5. The molecule has 6 nitrogen and oxygen atoms in total. The lowest BCUT2D eigenvalue weighted by Gasteiger charge is -2.26. The zero-order valence-corrected chi connectivity index (χ0v) is 19.5. The summed E-state index contributed by atoms with van der Waals surface area (Å²) in [6.45, 7) is 9.66. The normalized spacial score (nSPS) is 15.0. The van der Waals surface area contributed by atoms with Gasteiger partial charge in [0.15, 0.2) is 5.82 Å². The van der Waals surface area contributed by atoms with E-state index in [1.165, 1.54) is 6.07 Å². The molecule has 182 valence electrons. The highest BCUT2D eigenvalue weighted by Crippen LogP contribution is 2.33. The average molecular weight is 474 g/mol. The van der Waals surface area contributed by atoms with Gasteiger partial charge in [-0.3, -0.25) is 0 Å². The Morgan fingerprint density at radius 2 is 1.82 bits per heavy atom. The van der Waals surface area contributed by atoms with E-state index in [0.29, 0.717) is 41.0 Å². The molecular weight excluding hydrogens is 443 g/mol. The third-order valence-corrected chi connectivity index (χ3v) is 5.96. The number of halogens is 3. The fraction of sp³-hybridized carbons (Fsp3) is 0.440. The maximum Gasteiger partial charge on any atom is 0.416 e. The number of aromatic amines is 1. The number of alkyl halides is 3. The molecule has 1 aliphatic rings. The van der Waals surface area contributed by atoms with Crippen molar-refractivity contribution < 1.29 is 17.9 Å². The molecule has 4 rings (SSSR count). The van der Waals surface area contributed by atoms with Gasteiger partial charge in [0, 0.05) is 43.0 Å². The van der Waals surface area contributed by atoms with Crippen LogP contribution in [-0.4, -0.2) is 59.2 Å². The topological polar surface area (TPSA) is 66.1 Å². The molecule has 0 saturated carbocycles. The van der Waals surface area contributed by atoms with Crippen LogP contribution >= 0.6 is 0 Å². The summed E-state index contributed by atoms with van der Waals surface area (Å²) < 4.78 is 45.3. The van der Waals surface area contributed by atoms with E-state index in [0.717, 1.165) is 63.3 Å². The van der Waals surface area contributed by atoms with Gasteiger partial charge in [0.25, 0.3) is 0 Å². The molecule has 1 saturated heterocycles. The van der Waals surface area contributed by atoms with Crippen LogP contribution in [0.15, 0.2) is 36.4 Å². The summed E-state index contributed by atoms with van der Waals surface area (Å²) in [6.07, 6.45) is -2.40. The maximum atomic E-state index is 13.1. The predicted octanol–water partition coefficient (Wildman–Crippen LogP) is 4.84. The summed E-state index contributed by atoms with van der Waals surface area (Å²) in [5, 5.41) is 3.36. The third kappa shape index (κ3) is 5.95. The summed E-state index contributed by atoms with van der Waals surface area (Å²) in [5.74, 6) is 1.04. The fourth-order valence-electron chi connectivity index (χ4n) is 4.03. The van der Waals surface area contributed by atoms with Crippen LogP contribution in [0.2, 0.25) is 0 Å². The number of nitrogens with zero attached hydrogens (tertiary/aromatic N) is 3. The smallest absolute Gasteiger partial charge is 0.416 e. The van der Waals surface area contributed by atoms with Crippen LogP contribution in [0.5, 0.6) is 5.88 Å². The monoisotopic (exact) mass is 473 g/mol. The number of pyridine rings is 1. The van der Waals surface area contributed by atoms with Crippen molar-refractivity contribution in [3.8, 4) is 28.7 Å². The first-order valence-electron chi connectivity index (χ1n) is 11.6. The van der Waals surface area contributed by atoms with E-state index in [1.54, 1.807) is 13.0 Å². The van der Waals surface area contributed by atoms with E-state index < -0.39 is 11.7 Å². The molecule has 0 spiro atoms. The van der Waals surface area contributed by atoms with E-state index in [1.807, 2.05) is 19.1 Å². The predicted molar refractivity (Wildman–Crippen MR) is 126 cm³/mol. The van der Waals surface area contributed by atoms with Crippen molar-refractivity contribution in [3.63, 3.8) is 0 Å². The van der Waals surface area contributed by atoms with Crippen molar-refractivity contribution in [2.45, 2.75) is 32.9 Å². The largest absolute Gasteiger partial charge is 0.477 e. The van der Waals surface area contributed by atoms with E-state index in [9.17, 15) is 13.2 Å². The number of nitrogens with one attached hydrogen (secondary N) is 2. The van der Waals surface area contributed by atoms with E-state index in [2.05, 4.69) is 25.2 Å². The van der Waals surface area contributed by atoms with Crippen molar-refractivity contribution in [2.24, 2.45) is 0 Å². The lowest BCUT2D eigenvalue weighted by atomic mass is 10.1. The van der Waals surface area contributed by atoms with E-state index in [-0.39, 0.29) is 0 Å². The number of aromatic nitrogens is 3. The second-order valence-electron chi connectivity index (χ2n) is 8.60. The van der Waals surface area contributed by atoms with Gasteiger partial charge < -0.3 is 19.9 Å². The number of imidazole rings is 1. The number of unbranched alkanes of at least 4 members (excludes halogenated alkanes) is 1. The molecule has 3 heterocycles. The standard InChI is InChI=1S/C25H30F3N5O/c1-17-8-9-21(31-24(17)34-15-4-3-12-33-13-10-29-11-14-33)23-30-18(2)22(32-23)19-6-5-7-20(16-19)25(26,27)28/h5-9,16,29H,3-4,10-15H2,1-2H3,(H,30,32). The molecule has 0 unspecified atom stereocenters. The molecule has 9 heteroatoms. The van der Waals surface area contributed by atoms with E-state index in [4.69, 9.17) is 4.74 Å². The van der Waals surface area contributed by atoms with Crippen molar-refractivity contribution in [3.05, 3.63) is 53.2 Å². The highest BCUT2D eigenvalue weighted by atomic mass is 19.4. The Kier molecular flexibility index (Phi) is 7.53. The zero-order chi connectivity index (χ0) is 24.1. The van der Waals surface area contributed by atoms with Gasteiger partial charge in [0.1, 0.15) is 5.69 Å². The number of hydrogen-bond donors (Lipinski definition) is 2. The van der Waals surface area contributed by atoms with Gasteiger partial charge in [0.05, 0.1) is 17.9 Å². The van der Waals surface area contributed by atoms with Gasteiger partial charge >= 0.3 is 6.18 Å². The number of H-pyrrole nitrogens is 1. The quantitative estimate of drug-likeness (QED) is 0.459. The molecular formula is C25H30F3N5O. The van der Waals surface area contributed by atoms with Gasteiger partial charge in [-0.2, -0.15) is 13.2 Å². The highest BCUT2D eigenvalue weighted by molar-refractivity contribution is 5.67. The number of rotatable bonds is 8. The first kappa shape index (κ1) is 24.2. The number of piperazine rings is 1. The van der Waals surface area contributed by atoms with Crippen LogP contribution < -0.4 is 10.1 Å². The first-order valence-corrected chi connectivity index (χ1v) is 11.6. The minimum absolute atomic E-state index is 0.405. The lowest BCUT2D eigenvalue weighted by molar-refractivity contribution is -0.137. The molecule has 1 fully saturated rings. The first-order chi connectivity index (χ1) is 16.3. The average Bonchev–Trinajstić information content (AvgIpc) is 3.22. The number of benzene rings is 1. The van der Waals surface area contributed by atoms with Crippen LogP contribution in [-0.2, 0) is 6.18 Å². The van der Waals surface area contributed by atoms with Crippen LogP contribution in [0.4, 0.5) is 13.2 Å². The Balaban J connectivity index is 1.42. The molecule has 0 radical (unpaired) electrons. The van der Waals surface area contributed by atoms with Gasteiger partial charge in [-0.15, -0.1) is 0 Å². The molecule has 1 aliphatic heterocycles. The highest BCUT2D eigenvalue weighted by Gasteiger charge is 2.30. The molecule has 0 aliphatic carbocycles. The molecule has 1 aromatic carbocycles. The molecule has 2 aromatic heterocycles. The Bertz CT molecular complexity index is 1110. The van der Waals surface area contributed by atoms with Crippen molar-refractivity contribution in [1.82, 2.24) is 25.2 Å². The van der Waals surface area contributed by atoms with Crippen molar-refractivity contribution in [2.75, 3.05) is 39.3 Å². The summed E-state index contributed by atoms with van der Waals surface area (Å²) in [7, 11) is 0. The fourth-order valence-corrected chi connectivity index (χ4v) is 4.03. The molecule has 3 aromatic rings. The SMILES string of the molecule is Cc1ccc(-c2nc(-c3cccc(C(F)(F)F)c3)c(C)[nH]2)nc1OCCCCN1CCNCC1. The minimum atomic E-state index is -4.40. The lowest BCUT2D eigenvalue weighted by Crippen LogP contribution is -2.43. The van der Waals surface area contributed by atoms with Gasteiger partial charge in [-0.25, -0.2) is 9.97 Å². The minimum Gasteiger partial charge on any atom is -0.477 e. The molecule has 34 heavy (non-hydrogen) atoms. The number of aryl methyl sites for hydroxylation is 2. The van der Waals surface area contributed by atoms with Crippen LogP contribution in [0.1, 0.15) is 29.7 Å². The van der Waals surface area contributed by atoms with Crippen molar-refractivity contribution >= 4 is 0 Å². The van der Waals surface area contributed by atoms with Gasteiger partial charge in [-0.1, -0.05) is 18.2 Å². The molecule has 2 N–H and O–H groups in total. The summed E-state index contributed by atoms with van der Waals surface area (Å²) >= 11 is 0. The molecule has 0 amide bonds. The summed E-state index contributed by atoms with van der Waals surface area (Å²) in [6, 6.07) is 8.94. The van der Waals surface area contributed by atoms with Crippen LogP contribution in [0, 0.1) is 13.8 Å². The Hall–Kier alpha value is -2.91. The number of hydrogen-bond acceptors (Lipinski definition) is 5. The van der Waals surface area contributed by atoms with E-state index >= 15 is 0 Å². The van der Waals surface area contributed by atoms with Gasteiger partial charge in [0.2, 0.25) is 5.88 Å². The Labute approximate surface area is 197 Å². The van der Waals surface area contributed by atoms with Crippen molar-refractivity contribution in [1.29, 1.82) is 0 Å². The second-order valence-corrected chi connectivity index (χ2v) is 8.60. The third-order valence-electron chi connectivity index (χ3n) is 5.96. The Morgan fingerprint density at radius 1 is 1.03 bits per heavy atom. The molecule has 0 bridgehead atoms. The van der Waals surface area contributed by atoms with Crippen LogP contribution in [0.3, 0.4) is 0 Å². The Morgan fingerprint density at radius 3 is 2.59 bits per heavy atom. The van der Waals surface area contributed by atoms with Gasteiger partial charge in [-0.05, 0) is 51.4 Å². The maximum absolute atomic E-state index is 13.1. The number of ether oxygens (including phenoxy) is 1. The second kappa shape index (κ2) is 10.6. The van der Waals surface area contributed by atoms with Crippen LogP contribution in [0.25, 0.3) is 22.8 Å².